The van der Waals surface area contributed by atoms with Crippen molar-refractivity contribution in [3.8, 4) is 0 Å². The van der Waals surface area contributed by atoms with Gasteiger partial charge in [-0.3, -0.25) is 4.79 Å². The van der Waals surface area contributed by atoms with E-state index in [1.807, 2.05) is 0 Å². The van der Waals surface area contributed by atoms with Crippen LogP contribution in [0.25, 0.3) is 0 Å². The maximum Gasteiger partial charge on any atom is 0.346 e. The molecule has 60 valence electrons. The van der Waals surface area contributed by atoms with Crippen molar-refractivity contribution in [3.05, 3.63) is 35.4 Å². The molecule has 0 fully saturated rings. The van der Waals surface area contributed by atoms with Gasteiger partial charge in [-0.05, 0) is 12.1 Å². The molecule has 0 unspecified atom stereocenters. The molecule has 0 heterocycles. The van der Waals surface area contributed by atoms with Crippen LogP contribution >= 0.6 is 0 Å². The number of hydrogen-bond acceptors (Lipinski definition) is 3. The number of aldehydes is 1. The van der Waals surface area contributed by atoms with Crippen LogP contribution in [0.3, 0.4) is 0 Å². The molecule has 1 aromatic rings. The van der Waals surface area contributed by atoms with Gasteiger partial charge in [0.1, 0.15) is 5.56 Å². The smallest absolute Gasteiger partial charge is 0.346 e. The molecular formula is C9H6O3. The van der Waals surface area contributed by atoms with E-state index in [1.54, 1.807) is 0 Å². The highest BCUT2D eigenvalue weighted by Crippen LogP contribution is 1.97. The van der Waals surface area contributed by atoms with Gasteiger partial charge in [-0.2, -0.15) is 0 Å². The fourth-order valence-corrected chi connectivity index (χ4v) is 0.694. The number of hydrogen-bond donors (Lipinski definition) is 0. The molecule has 0 atom stereocenters. The highest BCUT2D eigenvalue weighted by atomic mass is 16.5. The van der Waals surface area contributed by atoms with E-state index in [9.17, 15) is 9.59 Å². The quantitative estimate of drug-likeness (QED) is 0.479. The van der Waals surface area contributed by atoms with Gasteiger partial charge in [-0.15, -0.1) is 0 Å². The van der Waals surface area contributed by atoms with Crippen molar-refractivity contribution >= 4 is 12.3 Å². The van der Waals surface area contributed by atoms with Crippen LogP contribution in [0.5, 0.6) is 0 Å². The lowest BCUT2D eigenvalue weighted by atomic mass is 10.2. The van der Waals surface area contributed by atoms with Crippen LogP contribution in [0.15, 0.2) is 12.1 Å². The third-order valence-electron chi connectivity index (χ3n) is 1.30. The Morgan fingerprint density at radius 3 is 2.67 bits per heavy atom. The fraction of sp³-hybridized carbons (Fsp3) is 0.111. The first-order chi connectivity index (χ1) is 5.77. The van der Waals surface area contributed by atoms with Crippen molar-refractivity contribution in [2.24, 2.45) is 0 Å². The molecule has 1 aromatic carbocycles. The van der Waals surface area contributed by atoms with Crippen LogP contribution in [-0.4, -0.2) is 19.4 Å². The molecule has 0 saturated carbocycles. The first-order valence-corrected chi connectivity index (χ1v) is 3.25. The molecule has 0 aromatic heterocycles. The highest BCUT2D eigenvalue weighted by molar-refractivity contribution is 5.89. The van der Waals surface area contributed by atoms with Crippen molar-refractivity contribution in [1.29, 1.82) is 0 Å². The Balaban J connectivity index is 2.91. The summed E-state index contributed by atoms with van der Waals surface area (Å²) in [7, 11) is 1.28. The Hall–Kier alpha value is -1.82. The van der Waals surface area contributed by atoms with Gasteiger partial charge in [0.2, 0.25) is 0 Å². The van der Waals surface area contributed by atoms with Crippen molar-refractivity contribution in [3.63, 3.8) is 0 Å². The zero-order chi connectivity index (χ0) is 8.97. The van der Waals surface area contributed by atoms with Gasteiger partial charge in [0, 0.05) is 0 Å². The lowest BCUT2D eigenvalue weighted by Gasteiger charge is -1.93. The Morgan fingerprint density at radius 2 is 2.25 bits per heavy atom. The Labute approximate surface area is 70.0 Å². The van der Waals surface area contributed by atoms with E-state index in [0.29, 0.717) is 11.8 Å². The summed E-state index contributed by atoms with van der Waals surface area (Å²) in [5, 5.41) is 0. The molecule has 0 aliphatic carbocycles. The molecule has 0 saturated heterocycles. The van der Waals surface area contributed by atoms with Crippen LogP contribution in [0.4, 0.5) is 0 Å². The zero-order valence-corrected chi connectivity index (χ0v) is 6.46. The zero-order valence-electron chi connectivity index (χ0n) is 6.46. The normalized spacial score (nSPS) is 8.42. The highest BCUT2D eigenvalue weighted by Gasteiger charge is 2.02. The summed E-state index contributed by atoms with van der Waals surface area (Å²) in [4.78, 5) is 21.0. The van der Waals surface area contributed by atoms with E-state index in [0.717, 1.165) is 0 Å². The first-order valence-electron chi connectivity index (χ1n) is 3.25. The summed E-state index contributed by atoms with van der Waals surface area (Å²) in [6.45, 7) is 0. The maximum atomic E-state index is 10.9. The number of carbonyl (C=O) groups excluding carboxylic acids is 2. The lowest BCUT2D eigenvalue weighted by Crippen LogP contribution is -1.99. The van der Waals surface area contributed by atoms with Crippen LogP contribution in [-0.2, 0) is 4.74 Å². The third-order valence-corrected chi connectivity index (χ3v) is 1.30. The molecule has 0 bridgehead atoms. The van der Waals surface area contributed by atoms with Gasteiger partial charge in [0.05, 0.1) is 12.7 Å². The molecule has 3 nitrogen and oxygen atoms in total. The van der Waals surface area contributed by atoms with Crippen LogP contribution in [0.2, 0.25) is 0 Å². The summed E-state index contributed by atoms with van der Waals surface area (Å²) >= 11 is 0. The number of methoxy groups -OCH3 is 1. The molecule has 3 heteroatoms. The third kappa shape index (κ3) is 1.61. The van der Waals surface area contributed by atoms with E-state index < -0.39 is 5.97 Å². The van der Waals surface area contributed by atoms with Crippen LogP contribution < -0.4 is 0 Å². The topological polar surface area (TPSA) is 43.4 Å². The minimum atomic E-state index is -0.483. The minimum Gasteiger partial charge on any atom is -0.465 e. The average Bonchev–Trinajstić information content (AvgIpc) is 2.17. The van der Waals surface area contributed by atoms with Crippen molar-refractivity contribution in [2.45, 2.75) is 0 Å². The van der Waals surface area contributed by atoms with Crippen molar-refractivity contribution < 1.29 is 14.3 Å². The van der Waals surface area contributed by atoms with E-state index in [-0.39, 0.29) is 5.56 Å². The summed E-state index contributed by atoms with van der Waals surface area (Å²) in [6.07, 6.45) is 0.636. The van der Waals surface area contributed by atoms with E-state index >= 15 is 0 Å². The lowest BCUT2D eigenvalue weighted by molar-refractivity contribution is 0.0600. The van der Waals surface area contributed by atoms with Gasteiger partial charge < -0.3 is 4.74 Å². The Morgan fingerprint density at radius 1 is 1.50 bits per heavy atom. The van der Waals surface area contributed by atoms with Crippen LogP contribution in [0.1, 0.15) is 20.7 Å². The molecule has 0 spiro atoms. The largest absolute Gasteiger partial charge is 0.465 e. The van der Waals surface area contributed by atoms with Crippen molar-refractivity contribution in [1.82, 2.24) is 0 Å². The molecular weight excluding hydrogens is 156 g/mol. The molecule has 0 aliphatic heterocycles. The molecule has 0 aliphatic rings. The number of rotatable bonds is 2. The minimum absolute atomic E-state index is 0.267. The maximum absolute atomic E-state index is 10.9. The second-order valence-electron chi connectivity index (χ2n) is 2.06. The Bertz CT molecular complexity index is 287. The summed E-state index contributed by atoms with van der Waals surface area (Å²) in [6, 6.07) is 7.96. The van der Waals surface area contributed by atoms with E-state index in [2.05, 4.69) is 16.9 Å². The van der Waals surface area contributed by atoms with Crippen LogP contribution in [0, 0.1) is 12.1 Å². The van der Waals surface area contributed by atoms with Gasteiger partial charge in [-0.1, -0.05) is 12.1 Å². The van der Waals surface area contributed by atoms with Gasteiger partial charge in [0.25, 0.3) is 0 Å². The monoisotopic (exact) mass is 162 g/mol. The number of ether oxygens (including phenoxy) is 1. The van der Waals surface area contributed by atoms with Gasteiger partial charge in [0.15, 0.2) is 6.29 Å². The van der Waals surface area contributed by atoms with Gasteiger partial charge in [-0.25, -0.2) is 4.79 Å². The number of esters is 1. The second kappa shape index (κ2) is 3.54. The fourth-order valence-electron chi connectivity index (χ4n) is 0.694. The molecule has 0 amide bonds. The molecule has 12 heavy (non-hydrogen) atoms. The molecule has 1 rings (SSSR count). The predicted octanol–water partition coefficient (Wildman–Crippen LogP) is 0.886. The standard InChI is InChI=1S/C9H6O3/c1-12-9(11)8-4-2-7(6-10)3-5-8/h2,4,6H,1H3. The predicted molar refractivity (Wildman–Crippen MR) is 40.8 cm³/mol. The summed E-state index contributed by atoms with van der Waals surface area (Å²) in [5.41, 5.74) is 0.630. The van der Waals surface area contributed by atoms with Crippen molar-refractivity contribution in [2.75, 3.05) is 7.11 Å². The SMILES string of the molecule is COC(=O)c1c#cc(C=O)cc1. The Kier molecular flexibility index (Phi) is 2.44. The van der Waals surface area contributed by atoms with E-state index in [1.165, 1.54) is 19.2 Å². The first kappa shape index (κ1) is 8.28. The number of carbonyl (C=O) groups is 2. The molecule has 0 radical (unpaired) electrons. The summed E-state index contributed by atoms with van der Waals surface area (Å²) < 4.78 is 4.43. The van der Waals surface area contributed by atoms with E-state index in [4.69, 9.17) is 0 Å². The average molecular weight is 162 g/mol. The summed E-state index contributed by atoms with van der Waals surface area (Å²) in [5.74, 6) is -0.483. The van der Waals surface area contributed by atoms with Gasteiger partial charge >= 0.3 is 5.97 Å². The molecule has 0 N–H and O–H groups in total. The second-order valence-corrected chi connectivity index (χ2v) is 2.06.